The Bertz CT molecular complexity index is 316. The minimum Gasteiger partial charge on any atom is -0.375 e. The quantitative estimate of drug-likeness (QED) is 0.841. The Morgan fingerprint density at radius 2 is 1.90 bits per heavy atom. The van der Waals surface area contributed by atoms with Gasteiger partial charge in [0.05, 0.1) is 5.60 Å². The molecule has 1 aliphatic carbocycles. The van der Waals surface area contributed by atoms with E-state index in [2.05, 4.69) is 45.1 Å². The van der Waals surface area contributed by atoms with E-state index in [0.29, 0.717) is 6.04 Å². The first-order valence-corrected chi connectivity index (χ1v) is 8.96. The standard InChI is InChI=1S/C18H36N2O/c1-6-19-16(17(2,3)20(4)5)15-10-13-21-18(14-15)11-8-7-9-12-18/h15-16,19H,6-14H2,1-5H3. The van der Waals surface area contributed by atoms with Crippen LogP contribution in [0, 0.1) is 5.92 Å². The van der Waals surface area contributed by atoms with Gasteiger partial charge in [-0.15, -0.1) is 0 Å². The highest BCUT2D eigenvalue weighted by molar-refractivity contribution is 5.00. The zero-order valence-corrected chi connectivity index (χ0v) is 14.9. The summed E-state index contributed by atoms with van der Waals surface area (Å²) >= 11 is 0. The summed E-state index contributed by atoms with van der Waals surface area (Å²) in [6.45, 7) is 8.99. The van der Waals surface area contributed by atoms with E-state index < -0.39 is 0 Å². The molecule has 0 radical (unpaired) electrons. The molecular formula is C18H36N2O. The van der Waals surface area contributed by atoms with Crippen molar-refractivity contribution in [1.29, 1.82) is 0 Å². The Labute approximate surface area is 131 Å². The average molecular weight is 296 g/mol. The van der Waals surface area contributed by atoms with Crippen molar-refractivity contribution in [2.75, 3.05) is 27.2 Å². The van der Waals surface area contributed by atoms with Crippen LogP contribution in [0.2, 0.25) is 0 Å². The number of likely N-dealkylation sites (N-methyl/N-ethyl adjacent to an activating group) is 2. The van der Waals surface area contributed by atoms with Gasteiger partial charge in [0.25, 0.3) is 0 Å². The van der Waals surface area contributed by atoms with Crippen molar-refractivity contribution in [3.05, 3.63) is 0 Å². The molecule has 2 fully saturated rings. The number of rotatable bonds is 5. The van der Waals surface area contributed by atoms with Crippen LogP contribution < -0.4 is 5.32 Å². The Morgan fingerprint density at radius 1 is 1.24 bits per heavy atom. The average Bonchev–Trinajstić information content (AvgIpc) is 2.45. The summed E-state index contributed by atoms with van der Waals surface area (Å²) in [6, 6.07) is 0.542. The largest absolute Gasteiger partial charge is 0.375 e. The SMILES string of the molecule is CCNC(C1CCOC2(CCCCC2)C1)C(C)(C)N(C)C. The molecule has 21 heavy (non-hydrogen) atoms. The Hall–Kier alpha value is -0.120. The number of nitrogens with one attached hydrogen (secondary N) is 1. The van der Waals surface area contributed by atoms with Crippen LogP contribution in [0.15, 0.2) is 0 Å². The molecule has 0 amide bonds. The van der Waals surface area contributed by atoms with Crippen molar-refractivity contribution in [3.63, 3.8) is 0 Å². The fourth-order valence-corrected chi connectivity index (χ4v) is 4.39. The molecule has 1 aliphatic heterocycles. The zero-order chi connectivity index (χ0) is 15.5. The molecule has 1 N–H and O–H groups in total. The summed E-state index contributed by atoms with van der Waals surface area (Å²) in [5.74, 6) is 0.731. The van der Waals surface area contributed by atoms with Gasteiger partial charge in [0.2, 0.25) is 0 Å². The maximum absolute atomic E-state index is 6.30. The number of ether oxygens (including phenoxy) is 1. The second-order valence-electron chi connectivity index (χ2n) is 7.93. The third kappa shape index (κ3) is 3.80. The first-order chi connectivity index (χ1) is 9.91. The summed E-state index contributed by atoms with van der Waals surface area (Å²) in [7, 11) is 4.42. The maximum Gasteiger partial charge on any atom is 0.0685 e. The Morgan fingerprint density at radius 3 is 2.48 bits per heavy atom. The lowest BCUT2D eigenvalue weighted by Gasteiger charge is -2.50. The fraction of sp³-hybridized carbons (Fsp3) is 1.00. The summed E-state index contributed by atoms with van der Waals surface area (Å²) in [4.78, 5) is 2.38. The lowest BCUT2D eigenvalue weighted by molar-refractivity contribution is -0.127. The monoisotopic (exact) mass is 296 g/mol. The highest BCUT2D eigenvalue weighted by Crippen LogP contribution is 2.43. The summed E-state index contributed by atoms with van der Waals surface area (Å²) in [5.41, 5.74) is 0.380. The van der Waals surface area contributed by atoms with E-state index in [1.165, 1.54) is 44.9 Å². The van der Waals surface area contributed by atoms with Crippen LogP contribution in [0.25, 0.3) is 0 Å². The van der Waals surface area contributed by atoms with Gasteiger partial charge in [-0.1, -0.05) is 26.2 Å². The van der Waals surface area contributed by atoms with Crippen LogP contribution in [-0.2, 0) is 4.74 Å². The van der Waals surface area contributed by atoms with Crippen molar-refractivity contribution < 1.29 is 4.74 Å². The molecule has 0 aromatic rings. The highest BCUT2D eigenvalue weighted by Gasteiger charge is 2.44. The normalized spacial score (nSPS) is 28.0. The maximum atomic E-state index is 6.30. The van der Waals surface area contributed by atoms with E-state index >= 15 is 0 Å². The Balaban J connectivity index is 2.12. The van der Waals surface area contributed by atoms with E-state index in [1.54, 1.807) is 0 Å². The number of nitrogens with zero attached hydrogens (tertiary/aromatic N) is 1. The Kier molecular flexibility index (Phi) is 5.72. The molecule has 124 valence electrons. The molecule has 1 saturated heterocycles. The van der Waals surface area contributed by atoms with Gasteiger partial charge >= 0.3 is 0 Å². The molecule has 3 nitrogen and oxygen atoms in total. The van der Waals surface area contributed by atoms with E-state index in [1.807, 2.05) is 0 Å². The van der Waals surface area contributed by atoms with Crippen molar-refractivity contribution in [2.45, 2.75) is 82.9 Å². The van der Waals surface area contributed by atoms with Crippen LogP contribution in [0.3, 0.4) is 0 Å². The van der Waals surface area contributed by atoms with Gasteiger partial charge in [0, 0.05) is 18.2 Å². The molecule has 3 heteroatoms. The molecular weight excluding hydrogens is 260 g/mol. The van der Waals surface area contributed by atoms with Gasteiger partial charge in [0.1, 0.15) is 0 Å². The number of hydrogen-bond donors (Lipinski definition) is 1. The van der Waals surface area contributed by atoms with Crippen molar-refractivity contribution in [3.8, 4) is 0 Å². The van der Waals surface area contributed by atoms with Crippen LogP contribution in [0.5, 0.6) is 0 Å². The molecule has 2 aliphatic rings. The van der Waals surface area contributed by atoms with E-state index in [-0.39, 0.29) is 11.1 Å². The lowest BCUT2D eigenvalue weighted by Crippen LogP contribution is -2.60. The molecule has 2 unspecified atom stereocenters. The van der Waals surface area contributed by atoms with Crippen molar-refractivity contribution in [2.24, 2.45) is 5.92 Å². The smallest absolute Gasteiger partial charge is 0.0685 e. The zero-order valence-electron chi connectivity index (χ0n) is 14.9. The third-order valence-electron chi connectivity index (χ3n) is 6.11. The second kappa shape index (κ2) is 6.97. The van der Waals surface area contributed by atoms with Crippen LogP contribution in [0.1, 0.15) is 65.7 Å². The van der Waals surface area contributed by atoms with E-state index in [9.17, 15) is 0 Å². The van der Waals surface area contributed by atoms with Crippen molar-refractivity contribution in [1.82, 2.24) is 10.2 Å². The molecule has 1 heterocycles. The predicted octanol–water partition coefficient (Wildman–Crippen LogP) is 3.43. The van der Waals surface area contributed by atoms with Gasteiger partial charge in [-0.05, 0) is 66.1 Å². The molecule has 1 spiro atoms. The van der Waals surface area contributed by atoms with Crippen LogP contribution in [-0.4, -0.2) is 49.3 Å². The topological polar surface area (TPSA) is 24.5 Å². The predicted molar refractivity (Wildman–Crippen MR) is 89.7 cm³/mol. The minimum atomic E-state index is 0.174. The summed E-state index contributed by atoms with van der Waals surface area (Å²) < 4.78 is 6.30. The van der Waals surface area contributed by atoms with Crippen LogP contribution >= 0.6 is 0 Å². The molecule has 1 saturated carbocycles. The summed E-state index contributed by atoms with van der Waals surface area (Å²) in [5, 5.41) is 3.80. The minimum absolute atomic E-state index is 0.174. The highest BCUT2D eigenvalue weighted by atomic mass is 16.5. The molecule has 0 bridgehead atoms. The van der Waals surface area contributed by atoms with Gasteiger partial charge in [0.15, 0.2) is 0 Å². The van der Waals surface area contributed by atoms with Crippen LogP contribution in [0.4, 0.5) is 0 Å². The molecule has 2 rings (SSSR count). The number of hydrogen-bond acceptors (Lipinski definition) is 3. The molecule has 2 atom stereocenters. The second-order valence-corrected chi connectivity index (χ2v) is 7.93. The van der Waals surface area contributed by atoms with Gasteiger partial charge in [-0.2, -0.15) is 0 Å². The van der Waals surface area contributed by atoms with Crippen molar-refractivity contribution >= 4 is 0 Å². The van der Waals surface area contributed by atoms with Gasteiger partial charge < -0.3 is 15.0 Å². The third-order valence-corrected chi connectivity index (χ3v) is 6.11. The first kappa shape index (κ1) is 17.2. The fourth-order valence-electron chi connectivity index (χ4n) is 4.39. The first-order valence-electron chi connectivity index (χ1n) is 8.96. The van der Waals surface area contributed by atoms with Gasteiger partial charge in [-0.25, -0.2) is 0 Å². The van der Waals surface area contributed by atoms with E-state index in [0.717, 1.165) is 19.1 Å². The molecule has 0 aromatic heterocycles. The lowest BCUT2D eigenvalue weighted by atomic mass is 9.70. The van der Waals surface area contributed by atoms with E-state index in [4.69, 9.17) is 4.74 Å². The summed E-state index contributed by atoms with van der Waals surface area (Å²) in [6.07, 6.45) is 9.13. The molecule has 0 aromatic carbocycles. The van der Waals surface area contributed by atoms with Gasteiger partial charge in [-0.3, -0.25) is 0 Å².